The zero-order valence-electron chi connectivity index (χ0n) is 11.6. The number of imide groups is 1. The molecule has 0 aromatic heterocycles. The summed E-state index contributed by atoms with van der Waals surface area (Å²) in [5, 5.41) is 0. The smallest absolute Gasteiger partial charge is 0.237 e. The zero-order chi connectivity index (χ0) is 15.7. The quantitative estimate of drug-likeness (QED) is 0.817. The van der Waals surface area contributed by atoms with E-state index in [1.54, 1.807) is 30.3 Å². The van der Waals surface area contributed by atoms with Gasteiger partial charge in [-0.05, 0) is 36.2 Å². The fourth-order valence-electron chi connectivity index (χ4n) is 2.65. The van der Waals surface area contributed by atoms with Crippen LogP contribution in [0.5, 0.6) is 0 Å². The van der Waals surface area contributed by atoms with Crippen molar-refractivity contribution in [3.05, 3.63) is 65.7 Å². The first-order valence-electron chi connectivity index (χ1n) is 6.92. The summed E-state index contributed by atoms with van der Waals surface area (Å²) in [5.41, 5.74) is 1.03. The number of halogens is 2. The highest BCUT2D eigenvalue weighted by Crippen LogP contribution is 2.28. The van der Waals surface area contributed by atoms with E-state index in [-0.39, 0.29) is 24.7 Å². The van der Waals surface area contributed by atoms with E-state index in [2.05, 4.69) is 0 Å². The highest BCUT2D eigenvalue weighted by Gasteiger charge is 2.39. The molecule has 3 nitrogen and oxygen atoms in total. The monoisotopic (exact) mass is 301 g/mol. The first-order valence-corrected chi connectivity index (χ1v) is 6.92. The minimum atomic E-state index is -0.950. The van der Waals surface area contributed by atoms with Gasteiger partial charge in [0, 0.05) is 6.42 Å². The van der Waals surface area contributed by atoms with Crippen LogP contribution < -0.4 is 4.90 Å². The molecule has 0 aliphatic carbocycles. The number of carbonyl (C=O) groups is 2. The largest absolute Gasteiger partial charge is 0.274 e. The molecule has 0 spiro atoms. The van der Waals surface area contributed by atoms with Crippen LogP contribution in [0, 0.1) is 17.6 Å². The third-order valence-corrected chi connectivity index (χ3v) is 3.72. The number of benzene rings is 2. The molecule has 0 saturated carbocycles. The van der Waals surface area contributed by atoms with Gasteiger partial charge in [-0.1, -0.05) is 24.3 Å². The molecule has 1 fully saturated rings. The molecular weight excluding hydrogens is 288 g/mol. The van der Waals surface area contributed by atoms with Gasteiger partial charge in [0.1, 0.15) is 0 Å². The Kier molecular flexibility index (Phi) is 3.71. The van der Waals surface area contributed by atoms with Gasteiger partial charge < -0.3 is 0 Å². The molecule has 1 aliphatic rings. The molecule has 2 aromatic rings. The van der Waals surface area contributed by atoms with E-state index in [1.165, 1.54) is 6.07 Å². The summed E-state index contributed by atoms with van der Waals surface area (Å²) in [6.45, 7) is 0. The van der Waals surface area contributed by atoms with E-state index in [0.29, 0.717) is 11.3 Å². The Labute approximate surface area is 126 Å². The third kappa shape index (κ3) is 2.62. The van der Waals surface area contributed by atoms with Crippen LogP contribution in [0.3, 0.4) is 0 Å². The van der Waals surface area contributed by atoms with Crippen LogP contribution in [0.4, 0.5) is 14.5 Å². The second-order valence-electron chi connectivity index (χ2n) is 5.26. The van der Waals surface area contributed by atoms with Crippen LogP contribution in [0.25, 0.3) is 0 Å². The van der Waals surface area contributed by atoms with Gasteiger partial charge in [0.25, 0.3) is 0 Å². The number of hydrogen-bond donors (Lipinski definition) is 0. The van der Waals surface area contributed by atoms with E-state index < -0.39 is 17.6 Å². The van der Waals surface area contributed by atoms with Gasteiger partial charge in [0.05, 0.1) is 11.6 Å². The Bertz CT molecular complexity index is 731. The van der Waals surface area contributed by atoms with Crippen molar-refractivity contribution in [2.45, 2.75) is 12.8 Å². The molecule has 0 bridgehead atoms. The second-order valence-corrected chi connectivity index (χ2v) is 5.26. The van der Waals surface area contributed by atoms with Crippen molar-refractivity contribution in [1.82, 2.24) is 0 Å². The first kappa shape index (κ1) is 14.4. The van der Waals surface area contributed by atoms with E-state index in [4.69, 9.17) is 0 Å². The summed E-state index contributed by atoms with van der Waals surface area (Å²) in [5.74, 6) is -3.00. The van der Waals surface area contributed by atoms with E-state index in [0.717, 1.165) is 17.0 Å². The number of anilines is 1. The van der Waals surface area contributed by atoms with Crippen molar-refractivity contribution < 1.29 is 18.4 Å². The predicted octanol–water partition coefficient (Wildman–Crippen LogP) is 3.09. The van der Waals surface area contributed by atoms with Gasteiger partial charge in [-0.3, -0.25) is 14.5 Å². The molecule has 3 rings (SSSR count). The molecule has 1 unspecified atom stereocenters. The fourth-order valence-corrected chi connectivity index (χ4v) is 2.65. The molecule has 2 amide bonds. The summed E-state index contributed by atoms with van der Waals surface area (Å²) in [6.07, 6.45) is 0.290. The Morgan fingerprint density at radius 3 is 2.41 bits per heavy atom. The van der Waals surface area contributed by atoms with E-state index in [9.17, 15) is 18.4 Å². The van der Waals surface area contributed by atoms with Crippen LogP contribution >= 0.6 is 0 Å². The zero-order valence-corrected chi connectivity index (χ0v) is 11.6. The maximum absolute atomic E-state index is 13.2. The van der Waals surface area contributed by atoms with E-state index >= 15 is 0 Å². The summed E-state index contributed by atoms with van der Waals surface area (Å²) in [6, 6.07) is 12.2. The molecule has 0 N–H and O–H groups in total. The van der Waals surface area contributed by atoms with Gasteiger partial charge in [0.2, 0.25) is 11.8 Å². The number of nitrogens with zero attached hydrogens (tertiary/aromatic N) is 1. The summed E-state index contributed by atoms with van der Waals surface area (Å²) in [7, 11) is 0. The van der Waals surface area contributed by atoms with Gasteiger partial charge >= 0.3 is 0 Å². The highest BCUT2D eigenvalue weighted by molar-refractivity contribution is 6.20. The third-order valence-electron chi connectivity index (χ3n) is 3.72. The van der Waals surface area contributed by atoms with Crippen LogP contribution in [-0.4, -0.2) is 11.8 Å². The summed E-state index contributed by atoms with van der Waals surface area (Å²) in [4.78, 5) is 25.6. The van der Waals surface area contributed by atoms with E-state index in [1.807, 2.05) is 0 Å². The minimum Gasteiger partial charge on any atom is -0.274 e. The minimum absolute atomic E-state index is 0.0761. The van der Waals surface area contributed by atoms with Crippen molar-refractivity contribution >= 4 is 17.5 Å². The van der Waals surface area contributed by atoms with Crippen molar-refractivity contribution in [2.24, 2.45) is 5.92 Å². The molecule has 112 valence electrons. The van der Waals surface area contributed by atoms with Crippen molar-refractivity contribution in [1.29, 1.82) is 0 Å². The van der Waals surface area contributed by atoms with Crippen LogP contribution in [0.1, 0.15) is 12.0 Å². The molecule has 2 aromatic carbocycles. The molecule has 1 aliphatic heterocycles. The lowest BCUT2D eigenvalue weighted by molar-refractivity contribution is -0.122. The molecule has 1 atom stereocenters. The maximum atomic E-state index is 13.2. The summed E-state index contributed by atoms with van der Waals surface area (Å²) < 4.78 is 26.2. The van der Waals surface area contributed by atoms with Gasteiger partial charge in [0.15, 0.2) is 11.6 Å². The number of carbonyl (C=O) groups excluding carboxylic acids is 2. The molecule has 5 heteroatoms. The lowest BCUT2D eigenvalue weighted by Gasteiger charge is -2.14. The van der Waals surface area contributed by atoms with Crippen molar-refractivity contribution in [2.75, 3.05) is 4.90 Å². The topological polar surface area (TPSA) is 37.4 Å². The normalized spacial score (nSPS) is 18.1. The number of amides is 2. The molecule has 1 heterocycles. The molecule has 0 radical (unpaired) electrons. The Morgan fingerprint density at radius 2 is 1.73 bits per heavy atom. The van der Waals surface area contributed by atoms with Gasteiger partial charge in [-0.2, -0.15) is 0 Å². The van der Waals surface area contributed by atoms with Crippen LogP contribution in [-0.2, 0) is 16.0 Å². The molecular formula is C17H13F2NO2. The van der Waals surface area contributed by atoms with Crippen LogP contribution in [0.2, 0.25) is 0 Å². The number of para-hydroxylation sites is 1. The lowest BCUT2D eigenvalue weighted by atomic mass is 9.98. The maximum Gasteiger partial charge on any atom is 0.237 e. The highest BCUT2D eigenvalue weighted by atomic mass is 19.2. The number of rotatable bonds is 3. The lowest BCUT2D eigenvalue weighted by Crippen LogP contribution is -2.30. The first-order chi connectivity index (χ1) is 10.6. The summed E-state index contributed by atoms with van der Waals surface area (Å²) >= 11 is 0. The van der Waals surface area contributed by atoms with Gasteiger partial charge in [-0.15, -0.1) is 0 Å². The Hall–Kier alpha value is -2.56. The Morgan fingerprint density at radius 1 is 1.00 bits per heavy atom. The molecule has 1 saturated heterocycles. The second kappa shape index (κ2) is 5.67. The van der Waals surface area contributed by atoms with Crippen molar-refractivity contribution in [3.8, 4) is 0 Å². The predicted molar refractivity (Wildman–Crippen MR) is 77.1 cm³/mol. The standard InChI is InChI=1S/C17H13F2NO2/c18-14-7-6-11(9-15(14)19)8-12-10-16(21)20(17(12)22)13-4-2-1-3-5-13/h1-7,9,12H,8,10H2. The number of hydrogen-bond acceptors (Lipinski definition) is 2. The van der Waals surface area contributed by atoms with Crippen molar-refractivity contribution in [3.63, 3.8) is 0 Å². The average Bonchev–Trinajstić information content (AvgIpc) is 2.78. The van der Waals surface area contributed by atoms with Crippen LogP contribution in [0.15, 0.2) is 48.5 Å². The molecule has 22 heavy (non-hydrogen) atoms. The van der Waals surface area contributed by atoms with Gasteiger partial charge in [-0.25, -0.2) is 8.78 Å². The Balaban J connectivity index is 1.80. The fraction of sp³-hybridized carbons (Fsp3) is 0.176. The average molecular weight is 301 g/mol. The SMILES string of the molecule is O=C1CC(Cc2ccc(F)c(F)c2)C(=O)N1c1ccccc1.